The number of amides is 1. The number of nitrogens with two attached hydrogens (primary N) is 2. The summed E-state index contributed by atoms with van der Waals surface area (Å²) in [6, 6.07) is 6.07. The van der Waals surface area contributed by atoms with Crippen LogP contribution in [0.4, 0.5) is 13.2 Å². The number of hydrogen-bond acceptors (Lipinski definition) is 5. The zero-order valence-electron chi connectivity index (χ0n) is 16.3. The van der Waals surface area contributed by atoms with Crippen molar-refractivity contribution in [2.45, 2.75) is 37.0 Å². The first kappa shape index (κ1) is 20.6. The molecule has 5 N–H and O–H groups in total. The lowest BCUT2D eigenvalue weighted by molar-refractivity contribution is -0.137. The minimum atomic E-state index is -4.47. The number of fused-ring (bicyclic) bond motifs is 1. The van der Waals surface area contributed by atoms with Crippen molar-refractivity contribution in [3.8, 4) is 17.0 Å². The van der Waals surface area contributed by atoms with E-state index in [1.807, 2.05) is 0 Å². The Balaban J connectivity index is 1.91. The summed E-state index contributed by atoms with van der Waals surface area (Å²) in [6.45, 7) is 1.52. The van der Waals surface area contributed by atoms with E-state index in [1.165, 1.54) is 12.1 Å². The van der Waals surface area contributed by atoms with Gasteiger partial charge < -0.3 is 21.3 Å². The fourth-order valence-electron chi connectivity index (χ4n) is 3.86. The molecule has 4 rings (SSSR count). The van der Waals surface area contributed by atoms with Crippen LogP contribution < -0.4 is 16.2 Å². The molecule has 30 heavy (non-hydrogen) atoms. The predicted molar refractivity (Wildman–Crippen MR) is 102 cm³/mol. The van der Waals surface area contributed by atoms with Gasteiger partial charge in [0.15, 0.2) is 0 Å². The van der Waals surface area contributed by atoms with E-state index in [4.69, 9.17) is 16.2 Å². The molecule has 2 heterocycles. The summed E-state index contributed by atoms with van der Waals surface area (Å²) < 4.78 is 44.6. The Bertz CT molecular complexity index is 1010. The summed E-state index contributed by atoms with van der Waals surface area (Å²) in [5.41, 5.74) is 9.45. The molecule has 1 aliphatic carbocycles. The molecule has 6 nitrogen and oxygen atoms in total. The van der Waals surface area contributed by atoms with Crippen molar-refractivity contribution in [3.63, 3.8) is 0 Å². The molecule has 2 aliphatic rings. The topological polar surface area (TPSA) is 111 Å². The maximum Gasteiger partial charge on any atom is 0.416 e. The molecule has 1 aromatic carbocycles. The number of aromatic nitrogens is 1. The van der Waals surface area contributed by atoms with Crippen LogP contribution in [0, 0.1) is 5.92 Å². The predicted octanol–water partition coefficient (Wildman–Crippen LogP) is 2.46. The summed E-state index contributed by atoms with van der Waals surface area (Å²) >= 11 is 0. The highest BCUT2D eigenvalue weighted by molar-refractivity contribution is 5.90. The van der Waals surface area contributed by atoms with E-state index in [0.29, 0.717) is 11.1 Å². The lowest BCUT2D eigenvalue weighted by atomic mass is 9.81. The maximum absolute atomic E-state index is 13.0. The number of benzene rings is 1. The average molecular weight is 421 g/mol. The number of pyridine rings is 1. The van der Waals surface area contributed by atoms with Crippen LogP contribution in [-0.4, -0.2) is 29.1 Å². The third-order valence-corrected chi connectivity index (χ3v) is 6.11. The molecular weight excluding hydrogens is 399 g/mol. The second-order valence-electron chi connectivity index (χ2n) is 8.20. The van der Waals surface area contributed by atoms with E-state index in [1.54, 1.807) is 13.0 Å². The molecule has 0 spiro atoms. The number of primary amides is 1. The normalized spacial score (nSPS) is 22.9. The van der Waals surface area contributed by atoms with Crippen molar-refractivity contribution >= 4 is 5.91 Å². The molecule has 1 saturated carbocycles. The quantitative estimate of drug-likeness (QED) is 0.687. The minimum Gasteiger partial charge on any atom is -0.489 e. The maximum atomic E-state index is 13.0. The van der Waals surface area contributed by atoms with E-state index in [2.05, 4.69) is 4.98 Å². The van der Waals surface area contributed by atoms with Crippen LogP contribution in [0.1, 0.15) is 36.6 Å². The van der Waals surface area contributed by atoms with Gasteiger partial charge in [0.1, 0.15) is 29.1 Å². The standard InChI is InChI=1S/C21H22F3N3O3/c1-19(18(26)28)10-30-17-14(19)8-15(20(29,9-25)12-6-7-12)27-16(17)11-2-4-13(5-3-11)21(22,23)24/h2-5,8,12,29H,6-7,9-10,25H2,1H3,(H2,26,28)/t19-,20?/m0/s1. The fraction of sp³-hybridized carbons (Fsp3) is 0.429. The molecule has 1 fully saturated rings. The molecule has 1 unspecified atom stereocenters. The molecule has 0 saturated heterocycles. The SMILES string of the molecule is C[C@]1(C(N)=O)COc2c1cc(C(O)(CN)C1CC1)nc2-c1ccc(C(F)(F)F)cc1. The van der Waals surface area contributed by atoms with Gasteiger partial charge in [-0.3, -0.25) is 4.79 Å². The number of hydrogen-bond donors (Lipinski definition) is 3. The largest absolute Gasteiger partial charge is 0.489 e. The van der Waals surface area contributed by atoms with Crippen molar-refractivity contribution < 1.29 is 27.8 Å². The molecule has 1 aromatic heterocycles. The Morgan fingerprint density at radius 2 is 1.93 bits per heavy atom. The van der Waals surface area contributed by atoms with Gasteiger partial charge in [-0.25, -0.2) is 4.98 Å². The Kier molecular flexibility index (Phi) is 4.59. The molecule has 2 atom stereocenters. The monoisotopic (exact) mass is 421 g/mol. The molecular formula is C21H22F3N3O3. The van der Waals surface area contributed by atoms with E-state index in [9.17, 15) is 23.1 Å². The highest BCUT2D eigenvalue weighted by Crippen LogP contribution is 2.49. The van der Waals surface area contributed by atoms with Gasteiger partial charge in [-0.15, -0.1) is 0 Å². The highest BCUT2D eigenvalue weighted by Gasteiger charge is 2.49. The van der Waals surface area contributed by atoms with Gasteiger partial charge in [0, 0.05) is 17.7 Å². The Morgan fingerprint density at radius 1 is 1.30 bits per heavy atom. The Hall–Kier alpha value is -2.65. The second kappa shape index (κ2) is 6.68. The number of ether oxygens (including phenoxy) is 1. The zero-order valence-corrected chi connectivity index (χ0v) is 16.3. The molecule has 0 bridgehead atoms. The lowest BCUT2D eigenvalue weighted by Crippen LogP contribution is -2.41. The summed E-state index contributed by atoms with van der Waals surface area (Å²) in [4.78, 5) is 16.7. The third kappa shape index (κ3) is 3.13. The van der Waals surface area contributed by atoms with Gasteiger partial charge in [-0.1, -0.05) is 12.1 Å². The van der Waals surface area contributed by atoms with E-state index in [0.717, 1.165) is 25.0 Å². The van der Waals surface area contributed by atoms with Gasteiger partial charge in [0.2, 0.25) is 5.91 Å². The molecule has 1 aliphatic heterocycles. The van der Waals surface area contributed by atoms with Crippen molar-refractivity contribution in [2.75, 3.05) is 13.2 Å². The summed E-state index contributed by atoms with van der Waals surface area (Å²) in [5.74, 6) is -0.412. The number of nitrogens with zero attached hydrogens (tertiary/aromatic N) is 1. The van der Waals surface area contributed by atoms with Crippen LogP contribution in [0.3, 0.4) is 0 Å². The number of carbonyl (C=O) groups excluding carboxylic acids is 1. The number of carbonyl (C=O) groups is 1. The average Bonchev–Trinajstić information content (AvgIpc) is 3.51. The fourth-order valence-corrected chi connectivity index (χ4v) is 3.86. The zero-order chi connectivity index (χ0) is 21.9. The lowest BCUT2D eigenvalue weighted by Gasteiger charge is -2.28. The smallest absolute Gasteiger partial charge is 0.416 e. The van der Waals surface area contributed by atoms with Crippen LogP contribution in [0.5, 0.6) is 5.75 Å². The number of rotatable bonds is 5. The molecule has 2 aromatic rings. The first-order chi connectivity index (χ1) is 14.0. The van der Waals surface area contributed by atoms with Crippen molar-refractivity contribution in [1.29, 1.82) is 0 Å². The van der Waals surface area contributed by atoms with Gasteiger partial charge >= 0.3 is 6.18 Å². The van der Waals surface area contributed by atoms with Gasteiger partial charge in [-0.05, 0) is 43.9 Å². The van der Waals surface area contributed by atoms with Crippen LogP contribution >= 0.6 is 0 Å². The van der Waals surface area contributed by atoms with Crippen LogP contribution in [-0.2, 0) is 22.0 Å². The molecule has 0 radical (unpaired) electrons. The summed E-state index contributed by atoms with van der Waals surface area (Å²) in [5, 5.41) is 11.2. The van der Waals surface area contributed by atoms with Gasteiger partial charge in [0.05, 0.1) is 11.3 Å². The molecule has 9 heteroatoms. The van der Waals surface area contributed by atoms with E-state index >= 15 is 0 Å². The van der Waals surface area contributed by atoms with Crippen LogP contribution in [0.15, 0.2) is 30.3 Å². The first-order valence-corrected chi connectivity index (χ1v) is 9.59. The highest BCUT2D eigenvalue weighted by atomic mass is 19.4. The van der Waals surface area contributed by atoms with Crippen molar-refractivity contribution in [2.24, 2.45) is 17.4 Å². The van der Waals surface area contributed by atoms with Crippen LogP contribution in [0.2, 0.25) is 0 Å². The number of halogens is 3. The first-order valence-electron chi connectivity index (χ1n) is 9.59. The number of alkyl halides is 3. The summed E-state index contributed by atoms with van der Waals surface area (Å²) in [6.07, 6.45) is -2.90. The van der Waals surface area contributed by atoms with E-state index in [-0.39, 0.29) is 36.2 Å². The van der Waals surface area contributed by atoms with Crippen molar-refractivity contribution in [1.82, 2.24) is 4.98 Å². The second-order valence-corrected chi connectivity index (χ2v) is 8.20. The summed E-state index contributed by atoms with van der Waals surface area (Å²) in [7, 11) is 0. The van der Waals surface area contributed by atoms with Gasteiger partial charge in [0.25, 0.3) is 0 Å². The van der Waals surface area contributed by atoms with Crippen molar-refractivity contribution in [3.05, 3.63) is 47.2 Å². The molecule has 1 amide bonds. The Morgan fingerprint density at radius 3 is 2.43 bits per heavy atom. The minimum absolute atomic E-state index is 0.0269. The number of aliphatic hydroxyl groups is 1. The Labute approximate surface area is 171 Å². The third-order valence-electron chi connectivity index (χ3n) is 6.11. The molecule has 160 valence electrons. The van der Waals surface area contributed by atoms with E-state index < -0.39 is 28.7 Å². The van der Waals surface area contributed by atoms with Gasteiger partial charge in [-0.2, -0.15) is 13.2 Å². The van der Waals surface area contributed by atoms with Crippen LogP contribution in [0.25, 0.3) is 11.3 Å².